The average molecular weight is 276 g/mol. The lowest BCUT2D eigenvalue weighted by Crippen LogP contribution is -2.51. The van der Waals surface area contributed by atoms with Gasteiger partial charge in [-0.05, 0) is 38.4 Å². The summed E-state index contributed by atoms with van der Waals surface area (Å²) in [6.45, 7) is 9.53. The van der Waals surface area contributed by atoms with Crippen LogP contribution in [0.4, 0.5) is 0 Å². The Hall–Kier alpha value is -0.900. The fourth-order valence-electron chi connectivity index (χ4n) is 3.23. The predicted molar refractivity (Wildman–Crippen MR) is 84.1 cm³/mol. The van der Waals surface area contributed by atoms with E-state index < -0.39 is 0 Å². The lowest BCUT2D eigenvalue weighted by Gasteiger charge is -2.44. The Morgan fingerprint density at radius 2 is 2.10 bits per heavy atom. The molecule has 1 saturated heterocycles. The lowest BCUT2D eigenvalue weighted by atomic mass is 9.91. The highest BCUT2D eigenvalue weighted by molar-refractivity contribution is 5.31. The molecule has 112 valence electrons. The average Bonchev–Trinajstić information content (AvgIpc) is 2.47. The van der Waals surface area contributed by atoms with E-state index in [1.165, 1.54) is 11.1 Å². The largest absolute Gasteiger partial charge is 0.374 e. The van der Waals surface area contributed by atoms with E-state index in [4.69, 9.17) is 4.74 Å². The van der Waals surface area contributed by atoms with Gasteiger partial charge in [-0.15, -0.1) is 0 Å². The molecule has 0 aromatic heterocycles. The number of ether oxygens (including phenoxy) is 1. The molecule has 2 unspecified atom stereocenters. The number of benzene rings is 1. The molecule has 1 N–H and O–H groups in total. The molecule has 1 aromatic rings. The maximum atomic E-state index is 6.06. The molecule has 3 nitrogen and oxygen atoms in total. The molecule has 2 atom stereocenters. The molecule has 1 aromatic carbocycles. The van der Waals surface area contributed by atoms with Crippen molar-refractivity contribution in [1.29, 1.82) is 0 Å². The molecule has 0 amide bonds. The zero-order valence-corrected chi connectivity index (χ0v) is 13.2. The minimum atomic E-state index is 0.226. The summed E-state index contributed by atoms with van der Waals surface area (Å²) in [4.78, 5) is 2.58. The first-order chi connectivity index (χ1) is 9.69. The number of nitrogens with zero attached hydrogens (tertiary/aromatic N) is 1. The molecule has 1 heterocycles. The first-order valence-corrected chi connectivity index (χ1v) is 7.78. The Labute approximate surface area is 123 Å². The minimum absolute atomic E-state index is 0.226. The SMILES string of the molecule is CCc1ccccc1C1C(CNC)OCCN1C(C)C. The van der Waals surface area contributed by atoms with Gasteiger partial charge < -0.3 is 10.1 Å². The van der Waals surface area contributed by atoms with E-state index in [1.807, 2.05) is 7.05 Å². The molecule has 0 radical (unpaired) electrons. The van der Waals surface area contributed by atoms with Gasteiger partial charge >= 0.3 is 0 Å². The fraction of sp³-hybridized carbons (Fsp3) is 0.647. The first kappa shape index (κ1) is 15.5. The van der Waals surface area contributed by atoms with Gasteiger partial charge in [-0.3, -0.25) is 4.90 Å². The van der Waals surface area contributed by atoms with Gasteiger partial charge in [-0.2, -0.15) is 0 Å². The summed E-state index contributed by atoms with van der Waals surface area (Å²) in [5.41, 5.74) is 2.87. The molecule has 3 heteroatoms. The van der Waals surface area contributed by atoms with Crippen LogP contribution >= 0.6 is 0 Å². The second kappa shape index (κ2) is 7.21. The highest BCUT2D eigenvalue weighted by atomic mass is 16.5. The third-order valence-electron chi connectivity index (χ3n) is 4.21. The topological polar surface area (TPSA) is 24.5 Å². The smallest absolute Gasteiger partial charge is 0.0896 e. The van der Waals surface area contributed by atoms with Crippen molar-refractivity contribution in [2.24, 2.45) is 0 Å². The molecule has 1 aliphatic rings. The Kier molecular flexibility index (Phi) is 5.58. The second-order valence-electron chi connectivity index (χ2n) is 5.80. The van der Waals surface area contributed by atoms with Crippen LogP contribution in [-0.4, -0.2) is 43.8 Å². The quantitative estimate of drug-likeness (QED) is 0.895. The van der Waals surface area contributed by atoms with Gasteiger partial charge in [0, 0.05) is 19.1 Å². The van der Waals surface area contributed by atoms with Gasteiger partial charge in [-0.25, -0.2) is 0 Å². The van der Waals surface area contributed by atoms with Gasteiger partial charge in [0.2, 0.25) is 0 Å². The van der Waals surface area contributed by atoms with E-state index in [-0.39, 0.29) is 6.10 Å². The van der Waals surface area contributed by atoms with Crippen LogP contribution < -0.4 is 5.32 Å². The molecule has 20 heavy (non-hydrogen) atoms. The van der Waals surface area contributed by atoms with Gasteiger partial charge in [0.15, 0.2) is 0 Å². The van der Waals surface area contributed by atoms with Crippen LogP contribution in [0.2, 0.25) is 0 Å². The van der Waals surface area contributed by atoms with E-state index in [2.05, 4.69) is 55.3 Å². The second-order valence-corrected chi connectivity index (χ2v) is 5.80. The van der Waals surface area contributed by atoms with Gasteiger partial charge in [0.1, 0.15) is 0 Å². The van der Waals surface area contributed by atoms with Crippen LogP contribution in [-0.2, 0) is 11.2 Å². The van der Waals surface area contributed by atoms with Gasteiger partial charge in [-0.1, -0.05) is 31.2 Å². The summed E-state index contributed by atoms with van der Waals surface area (Å²) < 4.78 is 6.06. The number of aryl methyl sites for hydroxylation is 1. The van der Waals surface area contributed by atoms with Crippen molar-refractivity contribution < 1.29 is 4.74 Å². The van der Waals surface area contributed by atoms with E-state index in [0.29, 0.717) is 12.1 Å². The molecule has 2 rings (SSSR count). The number of hydrogen-bond acceptors (Lipinski definition) is 3. The lowest BCUT2D eigenvalue weighted by molar-refractivity contribution is -0.0817. The molecule has 1 fully saturated rings. The summed E-state index contributed by atoms with van der Waals surface area (Å²) in [6.07, 6.45) is 1.30. The molecule has 0 spiro atoms. The van der Waals surface area contributed by atoms with Gasteiger partial charge in [0.05, 0.1) is 18.8 Å². The third-order valence-corrected chi connectivity index (χ3v) is 4.21. The van der Waals surface area contributed by atoms with Crippen LogP contribution in [0.5, 0.6) is 0 Å². The van der Waals surface area contributed by atoms with E-state index in [0.717, 1.165) is 26.1 Å². The van der Waals surface area contributed by atoms with E-state index >= 15 is 0 Å². The number of nitrogens with one attached hydrogen (secondary N) is 1. The van der Waals surface area contributed by atoms with Crippen LogP contribution in [0.25, 0.3) is 0 Å². The fourth-order valence-corrected chi connectivity index (χ4v) is 3.23. The van der Waals surface area contributed by atoms with Crippen molar-refractivity contribution in [3.8, 4) is 0 Å². The Bertz CT molecular complexity index is 417. The Morgan fingerprint density at radius 1 is 1.35 bits per heavy atom. The van der Waals surface area contributed by atoms with Crippen molar-refractivity contribution in [2.45, 2.75) is 45.4 Å². The summed E-state index contributed by atoms with van der Waals surface area (Å²) in [5, 5.41) is 3.28. The minimum Gasteiger partial charge on any atom is -0.374 e. The third kappa shape index (κ3) is 3.22. The van der Waals surface area contributed by atoms with Crippen molar-refractivity contribution >= 4 is 0 Å². The van der Waals surface area contributed by atoms with Crippen molar-refractivity contribution in [2.75, 3.05) is 26.7 Å². The number of rotatable bonds is 5. The number of hydrogen-bond donors (Lipinski definition) is 1. The van der Waals surface area contributed by atoms with Crippen LogP contribution in [0.3, 0.4) is 0 Å². The van der Waals surface area contributed by atoms with Crippen molar-refractivity contribution in [1.82, 2.24) is 10.2 Å². The standard InChI is InChI=1S/C17H28N2O/c1-5-14-8-6-7-9-15(14)17-16(12-18-4)20-11-10-19(17)13(2)3/h6-9,13,16-18H,5,10-12H2,1-4H3. The van der Waals surface area contributed by atoms with Crippen molar-refractivity contribution in [3.63, 3.8) is 0 Å². The van der Waals surface area contributed by atoms with E-state index in [1.54, 1.807) is 0 Å². The van der Waals surface area contributed by atoms with Crippen LogP contribution in [0.15, 0.2) is 24.3 Å². The Balaban J connectivity index is 2.38. The highest BCUT2D eigenvalue weighted by Crippen LogP contribution is 2.33. The monoisotopic (exact) mass is 276 g/mol. The summed E-state index contributed by atoms with van der Waals surface area (Å²) in [6, 6.07) is 9.70. The predicted octanol–water partition coefficient (Wildman–Crippen LogP) is 2.62. The molecular formula is C17H28N2O. The Morgan fingerprint density at radius 3 is 2.75 bits per heavy atom. The highest BCUT2D eigenvalue weighted by Gasteiger charge is 2.35. The zero-order valence-electron chi connectivity index (χ0n) is 13.2. The number of morpholine rings is 1. The van der Waals surface area contributed by atoms with E-state index in [9.17, 15) is 0 Å². The molecule has 0 saturated carbocycles. The molecule has 1 aliphatic heterocycles. The normalized spacial score (nSPS) is 24.2. The summed E-state index contributed by atoms with van der Waals surface area (Å²) >= 11 is 0. The maximum absolute atomic E-state index is 6.06. The van der Waals surface area contributed by atoms with Gasteiger partial charge in [0.25, 0.3) is 0 Å². The molecular weight excluding hydrogens is 248 g/mol. The molecule has 0 bridgehead atoms. The zero-order chi connectivity index (χ0) is 14.5. The van der Waals surface area contributed by atoms with Crippen molar-refractivity contribution in [3.05, 3.63) is 35.4 Å². The van der Waals surface area contributed by atoms with Crippen LogP contribution in [0.1, 0.15) is 37.9 Å². The number of likely N-dealkylation sites (N-methyl/N-ethyl adjacent to an activating group) is 1. The van der Waals surface area contributed by atoms with Crippen LogP contribution in [0, 0.1) is 0 Å². The first-order valence-electron chi connectivity index (χ1n) is 7.78. The summed E-state index contributed by atoms with van der Waals surface area (Å²) in [5.74, 6) is 0. The summed E-state index contributed by atoms with van der Waals surface area (Å²) in [7, 11) is 2.00. The maximum Gasteiger partial charge on any atom is 0.0896 e. The molecule has 0 aliphatic carbocycles.